The molecule has 1 aliphatic heterocycles. The van der Waals surface area contributed by atoms with Gasteiger partial charge in [0.05, 0.1) is 0 Å². The largest absolute Gasteiger partial charge is 0.324 e. The first-order chi connectivity index (χ1) is 20.7. The molecule has 0 amide bonds. The molecule has 7 rings (SSSR count). The van der Waals surface area contributed by atoms with E-state index < -0.39 is 0 Å². The Morgan fingerprint density at radius 3 is 1.02 bits per heavy atom. The zero-order valence-corrected chi connectivity index (χ0v) is 22.1. The Morgan fingerprint density at radius 1 is 0.357 bits per heavy atom. The van der Waals surface area contributed by atoms with Gasteiger partial charge in [0.2, 0.25) is 35.7 Å². The third kappa shape index (κ3) is 5.97. The third-order valence-corrected chi connectivity index (χ3v) is 6.08. The molecule has 0 atom stereocenters. The molecular formula is C30H24N12. The van der Waals surface area contributed by atoms with E-state index in [1.807, 2.05) is 109 Å². The fourth-order valence-corrected chi connectivity index (χ4v) is 4.25. The predicted molar refractivity (Wildman–Crippen MR) is 165 cm³/mol. The highest BCUT2D eigenvalue weighted by molar-refractivity contribution is 5.70. The number of anilines is 12. The summed E-state index contributed by atoms with van der Waals surface area (Å²) in [4.78, 5) is 27.6. The second-order valence-corrected chi connectivity index (χ2v) is 9.26. The molecule has 0 spiro atoms. The van der Waals surface area contributed by atoms with Crippen molar-refractivity contribution >= 4 is 69.8 Å². The van der Waals surface area contributed by atoms with Crippen LogP contribution in [0.2, 0.25) is 0 Å². The number of hydrogen-bond donors (Lipinski definition) is 6. The van der Waals surface area contributed by atoms with E-state index in [1.54, 1.807) is 0 Å². The van der Waals surface area contributed by atoms with E-state index in [-0.39, 0.29) is 0 Å². The van der Waals surface area contributed by atoms with Crippen LogP contribution < -0.4 is 31.9 Å². The van der Waals surface area contributed by atoms with Crippen LogP contribution in [0.4, 0.5) is 69.8 Å². The summed E-state index contributed by atoms with van der Waals surface area (Å²) in [6, 6.07) is 34.8. The topological polar surface area (TPSA) is 150 Å². The Morgan fingerprint density at radius 2 is 0.690 bits per heavy atom. The maximum absolute atomic E-state index is 4.61. The molecule has 12 heteroatoms. The van der Waals surface area contributed by atoms with Gasteiger partial charge in [-0.15, -0.1) is 0 Å². The van der Waals surface area contributed by atoms with Crippen LogP contribution in [0.15, 0.2) is 109 Å². The Bertz CT molecular complexity index is 1630. The van der Waals surface area contributed by atoms with Crippen LogP contribution in [0.3, 0.4) is 0 Å². The summed E-state index contributed by atoms with van der Waals surface area (Å²) in [5.41, 5.74) is 4.74. The fraction of sp³-hybridized carbons (Fsp3) is 0. The van der Waals surface area contributed by atoms with Gasteiger partial charge in [-0.05, 0) is 60.7 Å². The summed E-state index contributed by atoms with van der Waals surface area (Å²) >= 11 is 0. The Hall–Kier alpha value is -6.30. The number of benzene rings is 4. The van der Waals surface area contributed by atoms with Crippen LogP contribution in [-0.2, 0) is 0 Å². The maximum Gasteiger partial charge on any atom is 0.233 e. The SMILES string of the molecule is c1ccc(Nc2nc3nc(n2)Nc2cccc(c2)Nc2nc(Nc4ccccc4)nc(n2)Nc2cccc(c2)N3)cc1. The number of fused-ring (bicyclic) bond motifs is 8. The van der Waals surface area contributed by atoms with Gasteiger partial charge in [0.15, 0.2) is 0 Å². The highest BCUT2D eigenvalue weighted by Gasteiger charge is 2.12. The summed E-state index contributed by atoms with van der Waals surface area (Å²) in [5.74, 6) is 2.22. The summed E-state index contributed by atoms with van der Waals surface area (Å²) in [5, 5.41) is 19.7. The Kier molecular flexibility index (Phi) is 6.51. The molecule has 2 aromatic heterocycles. The van der Waals surface area contributed by atoms with Crippen molar-refractivity contribution in [2.45, 2.75) is 0 Å². The van der Waals surface area contributed by atoms with E-state index in [2.05, 4.69) is 61.8 Å². The molecule has 0 saturated heterocycles. The van der Waals surface area contributed by atoms with E-state index in [0.717, 1.165) is 34.1 Å². The van der Waals surface area contributed by atoms with Gasteiger partial charge in [0.25, 0.3) is 0 Å². The van der Waals surface area contributed by atoms with Crippen molar-refractivity contribution in [3.05, 3.63) is 109 Å². The molecule has 42 heavy (non-hydrogen) atoms. The van der Waals surface area contributed by atoms with E-state index >= 15 is 0 Å². The standard InChI is InChI=1S/C30H24N12/c1-3-9-19(10-4-1)31-25-37-27-33-21-13-7-15-23(17-21)35-29-39-26(32-20-11-5-2-6-12-20)40-30(42-29)36-24-16-8-14-22(18-24)34-28(38-25)41-27/h1-18H,(H3,31,33,34,37,38,41)(H3,32,35,36,39,40,42). The van der Waals surface area contributed by atoms with Crippen molar-refractivity contribution < 1.29 is 0 Å². The molecule has 0 fully saturated rings. The van der Waals surface area contributed by atoms with Gasteiger partial charge in [0, 0.05) is 34.1 Å². The minimum atomic E-state index is 0.362. The van der Waals surface area contributed by atoms with Crippen molar-refractivity contribution in [1.82, 2.24) is 29.9 Å². The van der Waals surface area contributed by atoms with Crippen molar-refractivity contribution in [1.29, 1.82) is 0 Å². The van der Waals surface area contributed by atoms with Crippen molar-refractivity contribution in [2.24, 2.45) is 0 Å². The van der Waals surface area contributed by atoms with Crippen LogP contribution in [-0.4, -0.2) is 29.9 Å². The first kappa shape index (κ1) is 24.7. The smallest absolute Gasteiger partial charge is 0.233 e. The van der Waals surface area contributed by atoms with Gasteiger partial charge >= 0.3 is 0 Å². The molecule has 4 aromatic carbocycles. The van der Waals surface area contributed by atoms with E-state index in [9.17, 15) is 0 Å². The van der Waals surface area contributed by atoms with Gasteiger partial charge < -0.3 is 31.9 Å². The lowest BCUT2D eigenvalue weighted by Crippen LogP contribution is -2.09. The van der Waals surface area contributed by atoms with Crippen LogP contribution in [0, 0.1) is 0 Å². The van der Waals surface area contributed by atoms with Crippen LogP contribution in [0.1, 0.15) is 0 Å². The summed E-state index contributed by atoms with van der Waals surface area (Å²) in [7, 11) is 0. The second-order valence-electron chi connectivity index (χ2n) is 9.26. The minimum Gasteiger partial charge on any atom is -0.324 e. The molecule has 204 valence electrons. The Balaban J connectivity index is 1.28. The average Bonchev–Trinajstić information content (AvgIpc) is 2.98. The summed E-state index contributed by atoms with van der Waals surface area (Å²) < 4.78 is 0. The lowest BCUT2D eigenvalue weighted by molar-refractivity contribution is 1.06. The normalized spacial score (nSPS) is 11.6. The van der Waals surface area contributed by atoms with Gasteiger partial charge in [-0.25, -0.2) is 0 Å². The van der Waals surface area contributed by atoms with Crippen molar-refractivity contribution in [2.75, 3.05) is 31.9 Å². The van der Waals surface area contributed by atoms with E-state index in [4.69, 9.17) is 0 Å². The Labute approximate surface area is 240 Å². The molecule has 0 radical (unpaired) electrons. The minimum absolute atomic E-state index is 0.362. The molecule has 0 aliphatic carbocycles. The maximum atomic E-state index is 4.61. The first-order valence-electron chi connectivity index (χ1n) is 13.1. The predicted octanol–water partition coefficient (Wildman–Crippen LogP) is 6.83. The lowest BCUT2D eigenvalue weighted by atomic mass is 10.2. The summed E-state index contributed by atoms with van der Waals surface area (Å²) in [6.45, 7) is 0. The monoisotopic (exact) mass is 552 g/mol. The van der Waals surface area contributed by atoms with Gasteiger partial charge in [0.1, 0.15) is 0 Å². The number of nitrogens with one attached hydrogen (secondary N) is 6. The van der Waals surface area contributed by atoms with Gasteiger partial charge in [-0.1, -0.05) is 48.5 Å². The molecule has 0 unspecified atom stereocenters. The van der Waals surface area contributed by atoms with Crippen LogP contribution in [0.5, 0.6) is 0 Å². The molecular weight excluding hydrogens is 528 g/mol. The zero-order chi connectivity index (χ0) is 28.1. The summed E-state index contributed by atoms with van der Waals surface area (Å²) in [6.07, 6.45) is 0. The zero-order valence-electron chi connectivity index (χ0n) is 22.1. The lowest BCUT2D eigenvalue weighted by Gasteiger charge is -2.15. The molecule has 8 bridgehead atoms. The molecule has 0 saturated carbocycles. The van der Waals surface area contributed by atoms with Crippen molar-refractivity contribution in [3.8, 4) is 0 Å². The number of nitrogens with zero attached hydrogens (tertiary/aromatic N) is 6. The fourth-order valence-electron chi connectivity index (χ4n) is 4.25. The highest BCUT2D eigenvalue weighted by Crippen LogP contribution is 2.27. The first-order valence-corrected chi connectivity index (χ1v) is 13.1. The van der Waals surface area contributed by atoms with Crippen LogP contribution >= 0.6 is 0 Å². The van der Waals surface area contributed by atoms with E-state index in [1.165, 1.54) is 0 Å². The molecule has 6 aromatic rings. The number of hydrogen-bond acceptors (Lipinski definition) is 12. The average molecular weight is 553 g/mol. The number of para-hydroxylation sites is 2. The van der Waals surface area contributed by atoms with Crippen molar-refractivity contribution in [3.63, 3.8) is 0 Å². The molecule has 1 aliphatic rings. The van der Waals surface area contributed by atoms with E-state index in [0.29, 0.717) is 35.7 Å². The second kappa shape index (κ2) is 11.1. The van der Waals surface area contributed by atoms with Gasteiger partial charge in [-0.3, -0.25) is 0 Å². The quantitative estimate of drug-likeness (QED) is 0.136. The van der Waals surface area contributed by atoms with Crippen LogP contribution in [0.25, 0.3) is 0 Å². The third-order valence-electron chi connectivity index (χ3n) is 6.08. The highest BCUT2D eigenvalue weighted by atomic mass is 15.3. The molecule has 6 N–H and O–H groups in total. The molecule has 3 heterocycles. The number of rotatable bonds is 4. The molecule has 12 nitrogen and oxygen atoms in total. The number of aromatic nitrogens is 6. The van der Waals surface area contributed by atoms with Gasteiger partial charge in [-0.2, -0.15) is 29.9 Å².